The van der Waals surface area contributed by atoms with Gasteiger partial charge in [-0.25, -0.2) is 0 Å². The predicted octanol–water partition coefficient (Wildman–Crippen LogP) is 1.69. The van der Waals surface area contributed by atoms with Crippen molar-refractivity contribution < 1.29 is 4.74 Å². The van der Waals surface area contributed by atoms with Crippen LogP contribution in [0.2, 0.25) is 0 Å². The summed E-state index contributed by atoms with van der Waals surface area (Å²) in [4.78, 5) is 0. The molecule has 0 bridgehead atoms. The van der Waals surface area contributed by atoms with Crippen molar-refractivity contribution in [1.82, 2.24) is 14.8 Å². The fourth-order valence-corrected chi connectivity index (χ4v) is 1.39. The van der Waals surface area contributed by atoms with E-state index in [-0.39, 0.29) is 0 Å². The van der Waals surface area contributed by atoms with Gasteiger partial charge in [-0.1, -0.05) is 15.7 Å². The van der Waals surface area contributed by atoms with Crippen LogP contribution in [0.5, 0.6) is 5.75 Å². The SMILES string of the molecule is COc1cccc(Nc2nnns2)c1. The molecule has 14 heavy (non-hydrogen) atoms. The number of anilines is 2. The first-order valence-corrected chi connectivity index (χ1v) is 4.72. The average molecular weight is 208 g/mol. The number of rotatable bonds is 3. The smallest absolute Gasteiger partial charge is 0.229 e. The van der Waals surface area contributed by atoms with E-state index in [1.165, 1.54) is 11.5 Å². The van der Waals surface area contributed by atoms with E-state index >= 15 is 0 Å². The quantitative estimate of drug-likeness (QED) is 0.831. The van der Waals surface area contributed by atoms with Crippen LogP contribution in [0.4, 0.5) is 10.8 Å². The monoisotopic (exact) mass is 208 g/mol. The lowest BCUT2D eigenvalue weighted by Gasteiger charge is -2.03. The van der Waals surface area contributed by atoms with Crippen molar-refractivity contribution in [2.24, 2.45) is 0 Å². The minimum Gasteiger partial charge on any atom is -0.497 e. The third-order valence-corrected chi connectivity index (χ3v) is 2.13. The molecule has 1 N–H and O–H groups in total. The topological polar surface area (TPSA) is 59.9 Å². The Hall–Kier alpha value is -1.69. The Kier molecular flexibility index (Phi) is 2.55. The Balaban J connectivity index is 2.17. The van der Waals surface area contributed by atoms with Crippen molar-refractivity contribution in [1.29, 1.82) is 0 Å². The second-order valence-corrected chi connectivity index (χ2v) is 3.26. The van der Waals surface area contributed by atoms with Gasteiger partial charge >= 0.3 is 0 Å². The van der Waals surface area contributed by atoms with Gasteiger partial charge in [0.2, 0.25) is 5.13 Å². The average Bonchev–Trinajstić information content (AvgIpc) is 2.71. The maximum atomic E-state index is 5.09. The van der Waals surface area contributed by atoms with Crippen LogP contribution in [-0.2, 0) is 0 Å². The van der Waals surface area contributed by atoms with Crippen LogP contribution in [-0.4, -0.2) is 21.9 Å². The highest BCUT2D eigenvalue weighted by Gasteiger charge is 1.99. The van der Waals surface area contributed by atoms with Crippen LogP contribution in [0.1, 0.15) is 0 Å². The Morgan fingerprint density at radius 3 is 3.07 bits per heavy atom. The van der Waals surface area contributed by atoms with Gasteiger partial charge in [0.05, 0.1) is 7.11 Å². The number of hydrogen-bond donors (Lipinski definition) is 1. The Morgan fingerprint density at radius 1 is 1.43 bits per heavy atom. The summed E-state index contributed by atoms with van der Waals surface area (Å²) in [6.07, 6.45) is 0. The van der Waals surface area contributed by atoms with E-state index in [4.69, 9.17) is 4.74 Å². The molecule has 0 aliphatic heterocycles. The number of nitrogens with zero attached hydrogens (tertiary/aromatic N) is 3. The number of nitrogens with one attached hydrogen (secondary N) is 1. The molecule has 6 heteroatoms. The zero-order valence-corrected chi connectivity index (χ0v) is 8.28. The lowest BCUT2D eigenvalue weighted by Crippen LogP contribution is -1.90. The highest BCUT2D eigenvalue weighted by atomic mass is 32.1. The van der Waals surface area contributed by atoms with Crippen LogP contribution in [0, 0.1) is 0 Å². The number of methoxy groups -OCH3 is 1. The molecule has 0 saturated carbocycles. The Bertz CT molecular complexity index is 403. The molecule has 0 aliphatic carbocycles. The lowest BCUT2D eigenvalue weighted by molar-refractivity contribution is 0.415. The molecule has 2 rings (SSSR count). The molecule has 0 fully saturated rings. The normalized spacial score (nSPS) is 9.79. The molecule has 0 spiro atoms. The third-order valence-electron chi connectivity index (χ3n) is 1.62. The maximum absolute atomic E-state index is 5.09. The van der Waals surface area contributed by atoms with Gasteiger partial charge in [-0.2, -0.15) is 0 Å². The van der Waals surface area contributed by atoms with Gasteiger partial charge in [-0.15, -0.1) is 0 Å². The Labute approximate surface area is 84.9 Å². The van der Waals surface area contributed by atoms with E-state index in [1.54, 1.807) is 7.11 Å². The highest BCUT2D eigenvalue weighted by Crippen LogP contribution is 2.20. The number of aromatic nitrogens is 3. The summed E-state index contributed by atoms with van der Waals surface area (Å²) in [6, 6.07) is 7.57. The van der Waals surface area contributed by atoms with Gasteiger partial charge in [0.25, 0.3) is 0 Å². The molecular formula is C8H8N4OS. The molecule has 0 radical (unpaired) electrons. The molecule has 2 aromatic rings. The molecule has 5 nitrogen and oxygen atoms in total. The van der Waals surface area contributed by atoms with E-state index in [1.807, 2.05) is 24.3 Å². The molecule has 1 heterocycles. The third kappa shape index (κ3) is 1.97. The minimum atomic E-state index is 0.665. The lowest BCUT2D eigenvalue weighted by atomic mass is 10.3. The molecule has 0 unspecified atom stereocenters. The molecule has 0 atom stereocenters. The summed E-state index contributed by atoms with van der Waals surface area (Å²) < 4.78 is 8.73. The van der Waals surface area contributed by atoms with E-state index in [0.717, 1.165) is 11.4 Å². The van der Waals surface area contributed by atoms with Crippen LogP contribution in [0.15, 0.2) is 24.3 Å². The highest BCUT2D eigenvalue weighted by molar-refractivity contribution is 7.09. The van der Waals surface area contributed by atoms with E-state index in [9.17, 15) is 0 Å². The van der Waals surface area contributed by atoms with E-state index in [2.05, 4.69) is 20.1 Å². The van der Waals surface area contributed by atoms with Gasteiger partial charge in [-0.3, -0.25) is 0 Å². The number of benzene rings is 1. The number of hydrogen-bond acceptors (Lipinski definition) is 6. The van der Waals surface area contributed by atoms with Crippen molar-refractivity contribution in [2.45, 2.75) is 0 Å². The van der Waals surface area contributed by atoms with Gasteiger partial charge in [0.15, 0.2) is 0 Å². The molecule has 0 amide bonds. The zero-order chi connectivity index (χ0) is 9.80. The second kappa shape index (κ2) is 4.01. The first-order chi connectivity index (χ1) is 6.88. The summed E-state index contributed by atoms with van der Waals surface area (Å²) in [5, 5.41) is 11.0. The predicted molar refractivity (Wildman–Crippen MR) is 54.0 cm³/mol. The Morgan fingerprint density at radius 2 is 2.36 bits per heavy atom. The molecule has 1 aromatic carbocycles. The fourth-order valence-electron chi connectivity index (χ4n) is 1.01. The zero-order valence-electron chi connectivity index (χ0n) is 7.47. The van der Waals surface area contributed by atoms with Crippen LogP contribution < -0.4 is 10.1 Å². The summed E-state index contributed by atoms with van der Waals surface area (Å²) >= 11 is 1.21. The van der Waals surface area contributed by atoms with Crippen LogP contribution in [0.25, 0.3) is 0 Å². The van der Waals surface area contributed by atoms with Gasteiger partial charge < -0.3 is 10.1 Å². The van der Waals surface area contributed by atoms with Gasteiger partial charge in [0.1, 0.15) is 5.75 Å². The summed E-state index contributed by atoms with van der Waals surface area (Å²) in [5.41, 5.74) is 0.905. The molecule has 72 valence electrons. The van der Waals surface area contributed by atoms with Crippen molar-refractivity contribution >= 4 is 22.4 Å². The first-order valence-electron chi connectivity index (χ1n) is 3.94. The standard InChI is InChI=1S/C8H8N4OS/c1-13-7-4-2-3-6(5-7)9-8-10-11-12-14-8/h2-5H,1H3,(H,9,10,12). The second-order valence-electron chi connectivity index (χ2n) is 2.52. The summed E-state index contributed by atoms with van der Waals surface area (Å²) in [6.45, 7) is 0. The summed E-state index contributed by atoms with van der Waals surface area (Å²) in [5.74, 6) is 0.799. The van der Waals surface area contributed by atoms with Gasteiger partial charge in [-0.05, 0) is 17.3 Å². The maximum Gasteiger partial charge on any atom is 0.229 e. The van der Waals surface area contributed by atoms with Crippen LogP contribution >= 0.6 is 11.5 Å². The van der Waals surface area contributed by atoms with Crippen molar-refractivity contribution in [3.63, 3.8) is 0 Å². The van der Waals surface area contributed by atoms with E-state index < -0.39 is 0 Å². The molecule has 0 saturated heterocycles. The molecule has 1 aromatic heterocycles. The van der Waals surface area contributed by atoms with E-state index in [0.29, 0.717) is 5.13 Å². The largest absolute Gasteiger partial charge is 0.497 e. The van der Waals surface area contributed by atoms with Crippen molar-refractivity contribution in [3.05, 3.63) is 24.3 Å². The van der Waals surface area contributed by atoms with Crippen molar-refractivity contribution in [3.8, 4) is 5.75 Å². The van der Waals surface area contributed by atoms with Crippen LogP contribution in [0.3, 0.4) is 0 Å². The van der Waals surface area contributed by atoms with Gasteiger partial charge in [0, 0.05) is 23.3 Å². The fraction of sp³-hybridized carbons (Fsp3) is 0.125. The molecular weight excluding hydrogens is 200 g/mol. The number of ether oxygens (including phenoxy) is 1. The van der Waals surface area contributed by atoms with Crippen molar-refractivity contribution in [2.75, 3.05) is 12.4 Å². The minimum absolute atomic E-state index is 0.665. The summed E-state index contributed by atoms with van der Waals surface area (Å²) in [7, 11) is 1.63. The first kappa shape index (κ1) is 8.89. The molecule has 0 aliphatic rings.